The van der Waals surface area contributed by atoms with E-state index >= 15 is 0 Å². The van der Waals surface area contributed by atoms with E-state index in [9.17, 15) is 13.2 Å². The summed E-state index contributed by atoms with van der Waals surface area (Å²) < 4.78 is 43.8. The van der Waals surface area contributed by atoms with Gasteiger partial charge in [-0.05, 0) is 61.4 Å². The van der Waals surface area contributed by atoms with Crippen molar-refractivity contribution in [1.29, 1.82) is 0 Å². The van der Waals surface area contributed by atoms with E-state index in [0.717, 1.165) is 15.4 Å². The van der Waals surface area contributed by atoms with Crippen molar-refractivity contribution in [2.75, 3.05) is 38.7 Å². The lowest BCUT2D eigenvalue weighted by atomic mass is 10.1. The van der Waals surface area contributed by atoms with Gasteiger partial charge in [-0.25, -0.2) is 8.42 Å². The van der Waals surface area contributed by atoms with Crippen LogP contribution in [0.4, 0.5) is 5.69 Å². The first-order chi connectivity index (χ1) is 17.2. The van der Waals surface area contributed by atoms with Gasteiger partial charge in [0, 0.05) is 6.54 Å². The van der Waals surface area contributed by atoms with Crippen molar-refractivity contribution >= 4 is 33.2 Å². The highest BCUT2D eigenvalue weighted by Crippen LogP contribution is 2.32. The van der Waals surface area contributed by atoms with Crippen LogP contribution in [0.15, 0.2) is 65.6 Å². The van der Waals surface area contributed by atoms with Crippen LogP contribution in [-0.4, -0.2) is 48.7 Å². The summed E-state index contributed by atoms with van der Waals surface area (Å²) in [6.45, 7) is 1.74. The number of rotatable bonds is 11. The number of hydrogen-bond acceptors (Lipinski definition) is 6. The molecule has 0 heterocycles. The number of nitrogens with one attached hydrogen (secondary N) is 1. The zero-order chi connectivity index (χ0) is 26.3. The highest BCUT2D eigenvalue weighted by molar-refractivity contribution is 7.92. The molecule has 0 aliphatic heterocycles. The van der Waals surface area contributed by atoms with Gasteiger partial charge in [0.2, 0.25) is 5.91 Å². The first-order valence-electron chi connectivity index (χ1n) is 11.1. The second kappa shape index (κ2) is 12.0. The van der Waals surface area contributed by atoms with Crippen LogP contribution >= 0.6 is 11.6 Å². The van der Waals surface area contributed by atoms with Crippen LogP contribution in [0.1, 0.15) is 11.1 Å². The average molecular weight is 533 g/mol. The molecule has 3 aromatic carbocycles. The number of nitrogens with zero attached hydrogens (tertiary/aromatic N) is 1. The van der Waals surface area contributed by atoms with Gasteiger partial charge < -0.3 is 19.5 Å². The quantitative estimate of drug-likeness (QED) is 0.397. The zero-order valence-corrected chi connectivity index (χ0v) is 22.2. The van der Waals surface area contributed by atoms with E-state index in [4.69, 9.17) is 25.8 Å². The predicted molar refractivity (Wildman–Crippen MR) is 140 cm³/mol. The maximum Gasteiger partial charge on any atom is 0.264 e. The number of halogens is 1. The molecule has 0 fully saturated rings. The third kappa shape index (κ3) is 6.41. The van der Waals surface area contributed by atoms with Crippen LogP contribution in [0.3, 0.4) is 0 Å². The van der Waals surface area contributed by atoms with Crippen LogP contribution in [-0.2, 0) is 21.2 Å². The maximum absolute atomic E-state index is 13.5. The van der Waals surface area contributed by atoms with Crippen molar-refractivity contribution < 1.29 is 27.4 Å². The van der Waals surface area contributed by atoms with E-state index < -0.39 is 22.5 Å². The number of methoxy groups -OCH3 is 3. The second-order valence-electron chi connectivity index (χ2n) is 7.93. The molecular formula is C26H29ClN2O6S. The number of hydrogen-bond donors (Lipinski definition) is 1. The fourth-order valence-corrected chi connectivity index (χ4v) is 5.20. The van der Waals surface area contributed by atoms with Gasteiger partial charge in [-0.2, -0.15) is 0 Å². The standard InChI is InChI=1S/C26H29ClN2O6S/c1-18-5-9-21(10-6-18)36(31,32)29(20-8-12-23(33-2)22(27)16-20)17-26(30)28-14-13-19-7-11-24(34-3)25(15-19)35-4/h5-12,15-16H,13-14,17H2,1-4H3,(H,28,30). The number of ether oxygens (including phenoxy) is 3. The minimum Gasteiger partial charge on any atom is -0.495 e. The highest BCUT2D eigenvalue weighted by Gasteiger charge is 2.27. The van der Waals surface area contributed by atoms with E-state index in [-0.39, 0.29) is 15.6 Å². The Morgan fingerprint density at radius 1 is 0.889 bits per heavy atom. The molecule has 192 valence electrons. The molecule has 0 radical (unpaired) electrons. The Kier molecular flexibility index (Phi) is 9.06. The van der Waals surface area contributed by atoms with E-state index in [2.05, 4.69) is 5.32 Å². The van der Waals surface area contributed by atoms with Crippen molar-refractivity contribution in [2.24, 2.45) is 0 Å². The molecule has 8 nitrogen and oxygen atoms in total. The topological polar surface area (TPSA) is 94.2 Å². The first kappa shape index (κ1) is 27.2. The number of amides is 1. The van der Waals surface area contributed by atoms with Crippen LogP contribution in [0.5, 0.6) is 17.2 Å². The molecule has 3 aromatic rings. The lowest BCUT2D eigenvalue weighted by Crippen LogP contribution is -2.41. The summed E-state index contributed by atoms with van der Waals surface area (Å²) in [6, 6.07) is 16.5. The van der Waals surface area contributed by atoms with Crippen molar-refractivity contribution in [3.8, 4) is 17.2 Å². The SMILES string of the molecule is COc1ccc(N(CC(=O)NCCc2ccc(OC)c(OC)c2)S(=O)(=O)c2ccc(C)cc2)cc1Cl. The van der Waals surface area contributed by atoms with E-state index in [0.29, 0.717) is 30.2 Å². The smallest absolute Gasteiger partial charge is 0.264 e. The minimum atomic E-state index is -4.05. The summed E-state index contributed by atoms with van der Waals surface area (Å²) in [5.41, 5.74) is 2.09. The molecule has 3 rings (SSSR count). The summed E-state index contributed by atoms with van der Waals surface area (Å²) in [6.07, 6.45) is 0.519. The number of sulfonamides is 1. The summed E-state index contributed by atoms with van der Waals surface area (Å²) in [4.78, 5) is 12.9. The van der Waals surface area contributed by atoms with Crippen molar-refractivity contribution in [1.82, 2.24) is 5.32 Å². The Hall–Kier alpha value is -3.43. The van der Waals surface area contributed by atoms with Crippen LogP contribution in [0, 0.1) is 6.92 Å². The molecule has 0 bridgehead atoms. The molecule has 10 heteroatoms. The highest BCUT2D eigenvalue weighted by atomic mass is 35.5. The van der Waals surface area contributed by atoms with Gasteiger partial charge in [-0.15, -0.1) is 0 Å². The summed E-state index contributed by atoms with van der Waals surface area (Å²) in [5, 5.41) is 3.02. The second-order valence-corrected chi connectivity index (χ2v) is 10.2. The van der Waals surface area contributed by atoms with E-state index in [1.165, 1.54) is 25.3 Å². The molecule has 36 heavy (non-hydrogen) atoms. The zero-order valence-electron chi connectivity index (χ0n) is 20.6. The van der Waals surface area contributed by atoms with Crippen LogP contribution in [0.25, 0.3) is 0 Å². The van der Waals surface area contributed by atoms with Crippen molar-refractivity contribution in [2.45, 2.75) is 18.2 Å². The molecule has 0 aliphatic carbocycles. The Balaban J connectivity index is 1.79. The van der Waals surface area contributed by atoms with Gasteiger partial charge in [0.1, 0.15) is 12.3 Å². The Labute approximate surface area is 216 Å². The lowest BCUT2D eigenvalue weighted by Gasteiger charge is -2.24. The van der Waals surface area contributed by atoms with Gasteiger partial charge >= 0.3 is 0 Å². The van der Waals surface area contributed by atoms with Gasteiger partial charge in [0.05, 0.1) is 36.9 Å². The maximum atomic E-state index is 13.5. The molecule has 0 unspecified atom stereocenters. The average Bonchev–Trinajstić information content (AvgIpc) is 2.87. The normalized spacial score (nSPS) is 11.0. The van der Waals surface area contributed by atoms with Gasteiger partial charge in [-0.3, -0.25) is 9.10 Å². The summed E-state index contributed by atoms with van der Waals surface area (Å²) >= 11 is 6.26. The molecule has 0 atom stereocenters. The third-order valence-corrected chi connectivity index (χ3v) is 7.59. The fraction of sp³-hybridized carbons (Fsp3) is 0.269. The number of benzene rings is 3. The first-order valence-corrected chi connectivity index (χ1v) is 12.9. The molecule has 1 amide bonds. The fourth-order valence-electron chi connectivity index (χ4n) is 3.53. The molecule has 0 aliphatic rings. The van der Waals surface area contributed by atoms with Gasteiger partial charge in [-0.1, -0.05) is 35.4 Å². The Bertz CT molecular complexity index is 1310. The van der Waals surface area contributed by atoms with Crippen LogP contribution < -0.4 is 23.8 Å². The van der Waals surface area contributed by atoms with Gasteiger partial charge in [0.15, 0.2) is 11.5 Å². The monoisotopic (exact) mass is 532 g/mol. The summed E-state index contributed by atoms with van der Waals surface area (Å²) in [5.74, 6) is 1.14. The molecule has 0 spiro atoms. The minimum absolute atomic E-state index is 0.0677. The third-order valence-electron chi connectivity index (χ3n) is 5.50. The lowest BCUT2D eigenvalue weighted by molar-refractivity contribution is -0.119. The number of anilines is 1. The molecule has 0 saturated carbocycles. The Morgan fingerprint density at radius 2 is 1.53 bits per heavy atom. The predicted octanol–water partition coefficient (Wildman–Crippen LogP) is 4.23. The Morgan fingerprint density at radius 3 is 2.14 bits per heavy atom. The van der Waals surface area contributed by atoms with Crippen molar-refractivity contribution in [3.05, 3.63) is 76.8 Å². The van der Waals surface area contributed by atoms with Crippen molar-refractivity contribution in [3.63, 3.8) is 0 Å². The van der Waals surface area contributed by atoms with Crippen LogP contribution in [0.2, 0.25) is 5.02 Å². The number of carbonyl (C=O) groups excluding carboxylic acids is 1. The van der Waals surface area contributed by atoms with E-state index in [1.807, 2.05) is 19.1 Å². The molecular weight excluding hydrogens is 504 g/mol. The van der Waals surface area contributed by atoms with Gasteiger partial charge in [0.25, 0.3) is 10.0 Å². The largest absolute Gasteiger partial charge is 0.495 e. The van der Waals surface area contributed by atoms with E-state index in [1.54, 1.807) is 44.6 Å². The molecule has 0 aromatic heterocycles. The summed E-state index contributed by atoms with van der Waals surface area (Å²) in [7, 11) is 0.525. The molecule has 1 N–H and O–H groups in total. The number of aryl methyl sites for hydroxylation is 1. The molecule has 0 saturated heterocycles. The number of carbonyl (C=O) groups is 1.